The topological polar surface area (TPSA) is 0 Å². The molecule has 18 heavy (non-hydrogen) atoms. The maximum absolute atomic E-state index is 13.6. The van der Waals surface area contributed by atoms with Gasteiger partial charge in [-0.3, -0.25) is 0 Å². The highest BCUT2D eigenvalue weighted by Crippen LogP contribution is 2.33. The Bertz CT molecular complexity index is 584. The van der Waals surface area contributed by atoms with Gasteiger partial charge in [-0.15, -0.1) is 11.6 Å². The van der Waals surface area contributed by atoms with Crippen LogP contribution in [0.5, 0.6) is 0 Å². The first kappa shape index (κ1) is 13.2. The van der Waals surface area contributed by atoms with Crippen molar-refractivity contribution in [3.8, 4) is 0 Å². The van der Waals surface area contributed by atoms with Crippen molar-refractivity contribution < 1.29 is 13.2 Å². The molecule has 0 saturated heterocycles. The minimum absolute atomic E-state index is 0.000710. The molecule has 2 aromatic rings. The minimum atomic E-state index is -1.07. The van der Waals surface area contributed by atoms with Crippen LogP contribution in [0.3, 0.4) is 0 Å². The molecular weight excluding hydrogens is 284 g/mol. The highest BCUT2D eigenvalue weighted by molar-refractivity contribution is 6.30. The van der Waals surface area contributed by atoms with Crippen LogP contribution < -0.4 is 0 Å². The zero-order valence-electron chi connectivity index (χ0n) is 8.93. The summed E-state index contributed by atoms with van der Waals surface area (Å²) in [6, 6.07) is 6.78. The van der Waals surface area contributed by atoms with E-state index in [1.807, 2.05) is 0 Å². The molecule has 0 aliphatic carbocycles. The average Bonchev–Trinajstić information content (AvgIpc) is 2.31. The third kappa shape index (κ3) is 2.62. The molecule has 0 radical (unpaired) electrons. The molecule has 1 unspecified atom stereocenters. The molecule has 2 rings (SSSR count). The minimum Gasteiger partial charge on any atom is -0.207 e. The lowest BCUT2D eigenvalue weighted by atomic mass is 10.0. The van der Waals surface area contributed by atoms with E-state index < -0.39 is 22.8 Å². The summed E-state index contributed by atoms with van der Waals surface area (Å²) < 4.78 is 39.9. The van der Waals surface area contributed by atoms with Gasteiger partial charge < -0.3 is 0 Å². The molecule has 2 aromatic carbocycles. The van der Waals surface area contributed by atoms with Crippen LogP contribution in [0.25, 0.3) is 0 Å². The number of alkyl halides is 1. The summed E-state index contributed by atoms with van der Waals surface area (Å²) in [4.78, 5) is 0. The summed E-state index contributed by atoms with van der Waals surface area (Å²) >= 11 is 11.7. The Morgan fingerprint density at radius 2 is 1.56 bits per heavy atom. The van der Waals surface area contributed by atoms with E-state index in [1.54, 1.807) is 0 Å². The molecule has 0 N–H and O–H groups in total. The Morgan fingerprint density at radius 3 is 2.22 bits per heavy atom. The zero-order chi connectivity index (χ0) is 13.3. The van der Waals surface area contributed by atoms with E-state index in [2.05, 4.69) is 0 Å². The first-order chi connectivity index (χ1) is 8.49. The van der Waals surface area contributed by atoms with E-state index in [4.69, 9.17) is 23.2 Å². The number of hydrogen-bond acceptors (Lipinski definition) is 0. The summed E-state index contributed by atoms with van der Waals surface area (Å²) in [7, 11) is 0. The molecule has 0 nitrogen and oxygen atoms in total. The highest BCUT2D eigenvalue weighted by atomic mass is 35.5. The average molecular weight is 291 g/mol. The van der Waals surface area contributed by atoms with Crippen molar-refractivity contribution in [3.63, 3.8) is 0 Å². The standard InChI is InChI=1S/C13H7Cl2F3/c14-7-1-4-11(17)10(5-7)13(15)9-3-2-8(16)6-12(9)18/h1-6,13H. The van der Waals surface area contributed by atoms with Crippen molar-refractivity contribution in [2.24, 2.45) is 0 Å². The van der Waals surface area contributed by atoms with Gasteiger partial charge >= 0.3 is 0 Å². The largest absolute Gasteiger partial charge is 0.207 e. The van der Waals surface area contributed by atoms with Crippen molar-refractivity contribution in [2.45, 2.75) is 5.38 Å². The van der Waals surface area contributed by atoms with Gasteiger partial charge in [0.05, 0.1) is 5.38 Å². The van der Waals surface area contributed by atoms with Crippen molar-refractivity contribution in [3.05, 3.63) is 70.0 Å². The van der Waals surface area contributed by atoms with Gasteiger partial charge in [0.15, 0.2) is 0 Å². The summed E-state index contributed by atoms with van der Waals surface area (Å²) in [5.74, 6) is -2.14. The molecule has 0 aliphatic rings. The molecule has 0 heterocycles. The molecular formula is C13H7Cl2F3. The van der Waals surface area contributed by atoms with Crippen LogP contribution in [0.1, 0.15) is 16.5 Å². The summed E-state index contributed by atoms with van der Waals surface area (Å²) in [6.07, 6.45) is 0. The molecule has 94 valence electrons. The second-order valence-electron chi connectivity index (χ2n) is 3.69. The molecule has 1 atom stereocenters. The Kier molecular flexibility index (Phi) is 3.83. The monoisotopic (exact) mass is 290 g/mol. The van der Waals surface area contributed by atoms with E-state index in [1.165, 1.54) is 18.2 Å². The van der Waals surface area contributed by atoms with Gasteiger partial charge in [-0.05, 0) is 24.3 Å². The van der Waals surface area contributed by atoms with Crippen LogP contribution in [-0.4, -0.2) is 0 Å². The van der Waals surface area contributed by atoms with Gasteiger partial charge in [0, 0.05) is 22.2 Å². The summed E-state index contributed by atoms with van der Waals surface area (Å²) in [5, 5.41) is -0.774. The molecule has 0 bridgehead atoms. The van der Waals surface area contributed by atoms with Gasteiger partial charge in [-0.2, -0.15) is 0 Å². The van der Waals surface area contributed by atoms with Crippen molar-refractivity contribution in [1.82, 2.24) is 0 Å². The highest BCUT2D eigenvalue weighted by Gasteiger charge is 2.19. The predicted molar refractivity (Wildman–Crippen MR) is 65.5 cm³/mol. The third-order valence-electron chi connectivity index (χ3n) is 2.47. The Balaban J connectivity index is 2.47. The van der Waals surface area contributed by atoms with Crippen LogP contribution in [0.15, 0.2) is 36.4 Å². The SMILES string of the molecule is Fc1ccc(C(Cl)c2cc(Cl)ccc2F)c(F)c1. The number of halogens is 5. The maximum atomic E-state index is 13.6. The van der Waals surface area contributed by atoms with E-state index in [0.29, 0.717) is 11.1 Å². The predicted octanol–water partition coefficient (Wildman–Crippen LogP) is 5.09. The maximum Gasteiger partial charge on any atom is 0.131 e. The van der Waals surface area contributed by atoms with Gasteiger partial charge in [0.1, 0.15) is 17.5 Å². The lowest BCUT2D eigenvalue weighted by molar-refractivity contribution is 0.570. The van der Waals surface area contributed by atoms with Crippen LogP contribution >= 0.6 is 23.2 Å². The van der Waals surface area contributed by atoms with Crippen molar-refractivity contribution in [1.29, 1.82) is 0 Å². The Labute approximate surface area is 112 Å². The Morgan fingerprint density at radius 1 is 0.833 bits per heavy atom. The smallest absolute Gasteiger partial charge is 0.131 e. The van der Waals surface area contributed by atoms with Gasteiger partial charge in [-0.1, -0.05) is 17.7 Å². The van der Waals surface area contributed by atoms with Crippen LogP contribution in [-0.2, 0) is 0 Å². The lowest BCUT2D eigenvalue weighted by Gasteiger charge is -2.12. The number of hydrogen-bond donors (Lipinski definition) is 0. The molecule has 0 aromatic heterocycles. The van der Waals surface area contributed by atoms with Gasteiger partial charge in [0.2, 0.25) is 0 Å². The van der Waals surface area contributed by atoms with Crippen LogP contribution in [0, 0.1) is 17.5 Å². The van der Waals surface area contributed by atoms with Crippen LogP contribution in [0.2, 0.25) is 5.02 Å². The summed E-state index contributed by atoms with van der Waals surface area (Å²) in [6.45, 7) is 0. The third-order valence-corrected chi connectivity index (χ3v) is 3.17. The van der Waals surface area contributed by atoms with Crippen molar-refractivity contribution in [2.75, 3.05) is 0 Å². The van der Waals surface area contributed by atoms with E-state index in [9.17, 15) is 13.2 Å². The van der Waals surface area contributed by atoms with Crippen molar-refractivity contribution >= 4 is 23.2 Å². The number of benzene rings is 2. The van der Waals surface area contributed by atoms with E-state index in [-0.39, 0.29) is 11.1 Å². The zero-order valence-corrected chi connectivity index (χ0v) is 10.4. The molecule has 0 fully saturated rings. The summed E-state index contributed by atoms with van der Waals surface area (Å²) in [5.41, 5.74) is 0.0499. The quantitative estimate of drug-likeness (QED) is 0.676. The van der Waals surface area contributed by atoms with Gasteiger partial charge in [0.25, 0.3) is 0 Å². The second kappa shape index (κ2) is 5.21. The first-order valence-electron chi connectivity index (χ1n) is 5.03. The number of rotatable bonds is 2. The molecule has 0 spiro atoms. The molecule has 5 heteroatoms. The second-order valence-corrected chi connectivity index (χ2v) is 4.57. The fraction of sp³-hybridized carbons (Fsp3) is 0.0769. The fourth-order valence-electron chi connectivity index (χ4n) is 1.58. The molecule has 0 aliphatic heterocycles. The first-order valence-corrected chi connectivity index (χ1v) is 5.84. The Hall–Kier alpha value is -1.19. The normalized spacial score (nSPS) is 12.5. The van der Waals surface area contributed by atoms with E-state index >= 15 is 0 Å². The van der Waals surface area contributed by atoms with E-state index in [0.717, 1.165) is 12.1 Å². The van der Waals surface area contributed by atoms with Crippen LogP contribution in [0.4, 0.5) is 13.2 Å². The molecule has 0 amide bonds. The molecule has 0 saturated carbocycles. The van der Waals surface area contributed by atoms with Gasteiger partial charge in [-0.25, -0.2) is 13.2 Å². The fourth-order valence-corrected chi connectivity index (χ4v) is 2.11. The lowest BCUT2D eigenvalue weighted by Crippen LogP contribution is -2.00.